The Bertz CT molecular complexity index is 617. The Morgan fingerprint density at radius 1 is 1.10 bits per heavy atom. The monoisotopic (exact) mass is 288 g/mol. The standard InChI is InChI=1S/C15H18N3O3/c1-17(13-7-5-4-6-8-13)14-10-9-12(16-20-2)11-15(14)18(19)21-3/h4-11,16H,1-3H3/q+1. The fraction of sp³-hybridized carbons (Fsp3) is 0.200. The predicted molar refractivity (Wildman–Crippen MR) is 81.9 cm³/mol. The zero-order valence-electron chi connectivity index (χ0n) is 12.2. The molecule has 0 amide bonds. The Hall–Kier alpha value is -2.60. The Balaban J connectivity index is 2.44. The Morgan fingerprint density at radius 3 is 2.43 bits per heavy atom. The lowest BCUT2D eigenvalue weighted by Gasteiger charge is -2.19. The topological polar surface area (TPSA) is 53.8 Å². The molecule has 2 aromatic rings. The van der Waals surface area contributed by atoms with E-state index in [-0.39, 0.29) is 0 Å². The molecule has 2 aromatic carbocycles. The minimum Gasteiger partial charge on any atom is -0.339 e. The van der Waals surface area contributed by atoms with Crippen molar-refractivity contribution in [3.05, 3.63) is 53.4 Å². The zero-order valence-corrected chi connectivity index (χ0v) is 12.2. The van der Waals surface area contributed by atoms with Crippen LogP contribution in [0, 0.1) is 4.91 Å². The van der Waals surface area contributed by atoms with Crippen LogP contribution in [-0.2, 0) is 9.68 Å². The molecule has 0 aliphatic carbocycles. The number of hydrogen-bond donors (Lipinski definition) is 1. The molecule has 6 heteroatoms. The van der Waals surface area contributed by atoms with E-state index in [1.54, 1.807) is 6.07 Å². The molecule has 21 heavy (non-hydrogen) atoms. The van der Waals surface area contributed by atoms with Gasteiger partial charge in [-0.05, 0) is 24.3 Å². The molecular weight excluding hydrogens is 270 g/mol. The summed E-state index contributed by atoms with van der Waals surface area (Å²) < 4.78 is 0. The van der Waals surface area contributed by atoms with E-state index in [9.17, 15) is 4.91 Å². The highest BCUT2D eigenvalue weighted by Gasteiger charge is 2.24. The molecule has 0 saturated heterocycles. The van der Waals surface area contributed by atoms with Crippen molar-refractivity contribution in [3.8, 4) is 0 Å². The van der Waals surface area contributed by atoms with Crippen LogP contribution < -0.4 is 10.4 Å². The molecule has 0 bridgehead atoms. The Labute approximate surface area is 123 Å². The number of nitrogens with one attached hydrogen (secondary N) is 1. The molecule has 0 heterocycles. The van der Waals surface area contributed by atoms with Crippen molar-refractivity contribution in [2.24, 2.45) is 0 Å². The fourth-order valence-electron chi connectivity index (χ4n) is 2.02. The van der Waals surface area contributed by atoms with Gasteiger partial charge >= 0.3 is 5.69 Å². The number of hydrogen-bond acceptors (Lipinski definition) is 5. The summed E-state index contributed by atoms with van der Waals surface area (Å²) in [6.45, 7) is 0. The van der Waals surface area contributed by atoms with Crippen LogP contribution in [-0.4, -0.2) is 26.2 Å². The fourth-order valence-corrected chi connectivity index (χ4v) is 2.02. The summed E-state index contributed by atoms with van der Waals surface area (Å²) in [6, 6.07) is 15.1. The van der Waals surface area contributed by atoms with Crippen molar-refractivity contribution in [1.82, 2.24) is 0 Å². The first-order valence-corrected chi connectivity index (χ1v) is 6.40. The SMILES string of the molecule is CONc1ccc(N(C)c2ccccc2)c([N+](=O)OC)c1. The second-order valence-electron chi connectivity index (χ2n) is 4.34. The molecule has 2 rings (SSSR count). The molecule has 0 aromatic heterocycles. The highest BCUT2D eigenvalue weighted by Crippen LogP contribution is 2.34. The first-order valence-electron chi connectivity index (χ1n) is 6.40. The van der Waals surface area contributed by atoms with Gasteiger partial charge in [0, 0.05) is 18.8 Å². The third kappa shape index (κ3) is 3.29. The zero-order chi connectivity index (χ0) is 15.2. The van der Waals surface area contributed by atoms with Crippen LogP contribution in [0.15, 0.2) is 48.5 Å². The van der Waals surface area contributed by atoms with Gasteiger partial charge in [0.2, 0.25) is 0 Å². The van der Waals surface area contributed by atoms with Gasteiger partial charge in [-0.1, -0.05) is 18.2 Å². The first kappa shape index (κ1) is 14.8. The predicted octanol–water partition coefficient (Wildman–Crippen LogP) is 3.40. The van der Waals surface area contributed by atoms with Crippen molar-refractivity contribution in [1.29, 1.82) is 0 Å². The van der Waals surface area contributed by atoms with E-state index in [4.69, 9.17) is 9.68 Å². The van der Waals surface area contributed by atoms with Crippen LogP contribution in [0.1, 0.15) is 0 Å². The highest BCUT2D eigenvalue weighted by atomic mass is 16.8. The van der Waals surface area contributed by atoms with E-state index in [1.807, 2.05) is 54.4 Å². The van der Waals surface area contributed by atoms with Crippen molar-refractivity contribution in [3.63, 3.8) is 0 Å². The number of nitrogens with zero attached hydrogens (tertiary/aromatic N) is 2. The molecule has 6 nitrogen and oxygen atoms in total. The van der Waals surface area contributed by atoms with Crippen LogP contribution >= 0.6 is 0 Å². The van der Waals surface area contributed by atoms with E-state index in [0.717, 1.165) is 11.4 Å². The molecule has 1 N–H and O–H groups in total. The van der Waals surface area contributed by atoms with Gasteiger partial charge in [-0.2, -0.15) is 0 Å². The average Bonchev–Trinajstić information content (AvgIpc) is 2.54. The Kier molecular flexibility index (Phi) is 4.73. The summed E-state index contributed by atoms with van der Waals surface area (Å²) in [5, 5.41) is 0. The minimum absolute atomic E-state index is 0.380. The van der Waals surface area contributed by atoms with Gasteiger partial charge in [0.05, 0.1) is 17.7 Å². The smallest absolute Gasteiger partial charge is 0.339 e. The van der Waals surface area contributed by atoms with Crippen LogP contribution in [0.2, 0.25) is 0 Å². The molecule has 0 saturated carbocycles. The summed E-state index contributed by atoms with van der Waals surface area (Å²) in [4.78, 5) is 23.9. The number of para-hydroxylation sites is 1. The molecule has 0 aliphatic rings. The molecule has 0 unspecified atom stereocenters. The maximum Gasteiger partial charge on any atom is 0.342 e. The lowest BCUT2D eigenvalue weighted by molar-refractivity contribution is -0.736. The maximum atomic E-state index is 11.9. The molecule has 0 aliphatic heterocycles. The van der Waals surface area contributed by atoms with Gasteiger partial charge in [0.1, 0.15) is 5.69 Å². The maximum absolute atomic E-state index is 11.9. The van der Waals surface area contributed by atoms with Gasteiger partial charge < -0.3 is 4.90 Å². The Morgan fingerprint density at radius 2 is 1.81 bits per heavy atom. The second kappa shape index (κ2) is 6.71. The summed E-state index contributed by atoms with van der Waals surface area (Å²) >= 11 is 0. The molecule has 0 atom stereocenters. The summed E-state index contributed by atoms with van der Waals surface area (Å²) in [5.74, 6) is 0. The van der Waals surface area contributed by atoms with Crippen molar-refractivity contribution >= 4 is 22.7 Å². The van der Waals surface area contributed by atoms with Crippen molar-refractivity contribution < 1.29 is 14.6 Å². The molecule has 0 spiro atoms. The van der Waals surface area contributed by atoms with Gasteiger partial charge in [0.15, 0.2) is 7.11 Å². The first-order chi connectivity index (χ1) is 10.2. The van der Waals surface area contributed by atoms with Crippen LogP contribution in [0.4, 0.5) is 22.7 Å². The molecule has 110 valence electrons. The van der Waals surface area contributed by atoms with E-state index in [2.05, 4.69) is 5.48 Å². The minimum atomic E-state index is 0.380. The summed E-state index contributed by atoms with van der Waals surface area (Å²) in [6.07, 6.45) is 0. The third-order valence-electron chi connectivity index (χ3n) is 3.06. The quantitative estimate of drug-likeness (QED) is 0.826. The average molecular weight is 288 g/mol. The van der Waals surface area contributed by atoms with E-state index in [1.165, 1.54) is 14.2 Å². The number of benzene rings is 2. The lowest BCUT2D eigenvalue weighted by atomic mass is 10.2. The van der Waals surface area contributed by atoms with E-state index in [0.29, 0.717) is 16.3 Å². The van der Waals surface area contributed by atoms with E-state index >= 15 is 0 Å². The van der Waals surface area contributed by atoms with Gasteiger partial charge in [-0.25, -0.2) is 4.84 Å². The number of rotatable bonds is 6. The third-order valence-corrected chi connectivity index (χ3v) is 3.06. The number of anilines is 3. The van der Waals surface area contributed by atoms with Crippen molar-refractivity contribution in [2.45, 2.75) is 0 Å². The normalized spacial score (nSPS) is 10.0. The van der Waals surface area contributed by atoms with Crippen molar-refractivity contribution in [2.75, 3.05) is 31.6 Å². The van der Waals surface area contributed by atoms with Crippen LogP contribution in [0.3, 0.4) is 0 Å². The van der Waals surface area contributed by atoms with Gasteiger partial charge in [0.25, 0.3) is 4.92 Å². The van der Waals surface area contributed by atoms with Crippen LogP contribution in [0.25, 0.3) is 0 Å². The van der Waals surface area contributed by atoms with Gasteiger partial charge in [-0.15, -0.1) is 0 Å². The largest absolute Gasteiger partial charge is 0.342 e. The summed E-state index contributed by atoms with van der Waals surface area (Å²) in [7, 11) is 4.73. The second-order valence-corrected chi connectivity index (χ2v) is 4.34. The van der Waals surface area contributed by atoms with Gasteiger partial charge in [-0.3, -0.25) is 10.3 Å². The molecular formula is C15H18N3O3+. The lowest BCUT2D eigenvalue weighted by Crippen LogP contribution is -2.13. The van der Waals surface area contributed by atoms with Crippen LogP contribution in [0.5, 0.6) is 0 Å². The molecule has 0 fully saturated rings. The molecule has 0 radical (unpaired) electrons. The van der Waals surface area contributed by atoms with E-state index < -0.39 is 0 Å². The summed E-state index contributed by atoms with van der Waals surface area (Å²) in [5.41, 5.74) is 5.43. The highest BCUT2D eigenvalue weighted by molar-refractivity contribution is 5.74.